The summed E-state index contributed by atoms with van der Waals surface area (Å²) < 4.78 is 0. The van der Waals surface area contributed by atoms with Crippen molar-refractivity contribution in [3.05, 3.63) is 40.6 Å². The van der Waals surface area contributed by atoms with Gasteiger partial charge in [-0.2, -0.15) is 0 Å². The van der Waals surface area contributed by atoms with Gasteiger partial charge >= 0.3 is 0 Å². The number of nitrogens with two attached hydrogens (primary N) is 1. The van der Waals surface area contributed by atoms with E-state index in [1.54, 1.807) is 6.07 Å². The number of carbonyl (C=O) groups is 3. The number of hydrogen-bond acceptors (Lipinski definition) is 6. The molecule has 0 radical (unpaired) electrons. The number of rotatable bonds is 5. The van der Waals surface area contributed by atoms with Crippen LogP contribution < -0.4 is 16.5 Å². The maximum atomic E-state index is 11.3. The Labute approximate surface area is 194 Å². The Balaban J connectivity index is 0.000000242. The van der Waals surface area contributed by atoms with Gasteiger partial charge in [-0.1, -0.05) is 26.0 Å². The van der Waals surface area contributed by atoms with Gasteiger partial charge in [0.15, 0.2) is 11.2 Å². The number of nitrogens with zero attached hydrogens (tertiary/aromatic N) is 1. The van der Waals surface area contributed by atoms with E-state index in [4.69, 9.17) is 5.73 Å². The third kappa shape index (κ3) is 8.47. The van der Waals surface area contributed by atoms with Gasteiger partial charge in [0, 0.05) is 24.0 Å². The second-order valence-corrected chi connectivity index (χ2v) is 8.45. The van der Waals surface area contributed by atoms with Crippen LogP contribution in [-0.2, 0) is 14.4 Å². The van der Waals surface area contributed by atoms with Crippen molar-refractivity contribution in [2.45, 2.75) is 57.6 Å². The number of thiol groups is 1. The molecule has 2 amide bonds. The van der Waals surface area contributed by atoms with Crippen molar-refractivity contribution in [1.29, 1.82) is 0 Å². The third-order valence-electron chi connectivity index (χ3n) is 5.12. The summed E-state index contributed by atoms with van der Waals surface area (Å²) in [6.07, 6.45) is 2.82. The van der Waals surface area contributed by atoms with Gasteiger partial charge in [-0.3, -0.25) is 19.2 Å². The van der Waals surface area contributed by atoms with Crippen LogP contribution >= 0.6 is 12.6 Å². The Bertz CT molecular complexity index is 960. The average molecular weight is 463 g/mol. The van der Waals surface area contributed by atoms with Crippen LogP contribution in [0, 0.1) is 5.92 Å². The fourth-order valence-corrected chi connectivity index (χ4v) is 3.69. The van der Waals surface area contributed by atoms with Crippen molar-refractivity contribution in [3.8, 4) is 0 Å². The number of pyridine rings is 1. The van der Waals surface area contributed by atoms with Crippen molar-refractivity contribution < 1.29 is 14.4 Å². The summed E-state index contributed by atoms with van der Waals surface area (Å²) in [7, 11) is 0. The number of likely N-dealkylation sites (tertiary alicyclic amines) is 1. The van der Waals surface area contributed by atoms with E-state index in [1.807, 2.05) is 36.9 Å². The molecule has 176 valence electrons. The fraction of sp³-hybridized carbons (Fsp3) is 0.478. The number of aromatic amines is 1. The number of amides is 2. The van der Waals surface area contributed by atoms with Crippen molar-refractivity contribution >= 4 is 41.6 Å². The summed E-state index contributed by atoms with van der Waals surface area (Å²) in [4.78, 5) is 47.9. The van der Waals surface area contributed by atoms with E-state index in [0.717, 1.165) is 24.9 Å². The molecular formula is C23H34N4O4S. The Hall–Kier alpha value is -2.65. The summed E-state index contributed by atoms with van der Waals surface area (Å²) in [5.41, 5.74) is 6.06. The molecular weight excluding hydrogens is 428 g/mol. The van der Waals surface area contributed by atoms with Gasteiger partial charge in [0.1, 0.15) is 0 Å². The number of ketones is 1. The monoisotopic (exact) mass is 462 g/mol. The summed E-state index contributed by atoms with van der Waals surface area (Å²) in [6, 6.07) is 8.94. The summed E-state index contributed by atoms with van der Waals surface area (Å²) in [5, 5.41) is 3.75. The maximum absolute atomic E-state index is 11.3. The average Bonchev–Trinajstić information content (AvgIpc) is 3.17. The molecule has 2 atom stereocenters. The van der Waals surface area contributed by atoms with Gasteiger partial charge in [-0.15, -0.1) is 12.6 Å². The molecule has 2 unspecified atom stereocenters. The highest BCUT2D eigenvalue weighted by Crippen LogP contribution is 2.15. The molecule has 1 saturated heterocycles. The SMILES string of the molecule is CC(=O)C(NC=O)C(C)C.CC1CCCN1C(=O)CN.O=c1cc(S)[nH]c2ccccc12. The van der Waals surface area contributed by atoms with E-state index in [0.29, 0.717) is 22.9 Å². The Morgan fingerprint density at radius 2 is 2.00 bits per heavy atom. The van der Waals surface area contributed by atoms with Crippen LogP contribution in [-0.4, -0.2) is 53.2 Å². The highest BCUT2D eigenvalue weighted by molar-refractivity contribution is 7.80. The van der Waals surface area contributed by atoms with Crippen LogP contribution in [0.15, 0.2) is 40.2 Å². The van der Waals surface area contributed by atoms with Gasteiger partial charge in [0.25, 0.3) is 0 Å². The van der Waals surface area contributed by atoms with Gasteiger partial charge < -0.3 is 20.9 Å². The molecule has 1 aliphatic heterocycles. The number of nitrogens with one attached hydrogen (secondary N) is 2. The van der Waals surface area contributed by atoms with E-state index < -0.39 is 0 Å². The van der Waals surface area contributed by atoms with Crippen LogP contribution in [0.25, 0.3) is 10.9 Å². The normalized spacial score (nSPS) is 15.8. The molecule has 8 nitrogen and oxygen atoms in total. The molecule has 2 aromatic rings. The lowest BCUT2D eigenvalue weighted by Crippen LogP contribution is -2.38. The molecule has 1 aromatic carbocycles. The van der Waals surface area contributed by atoms with Gasteiger partial charge in [-0.05, 0) is 44.7 Å². The smallest absolute Gasteiger partial charge is 0.236 e. The van der Waals surface area contributed by atoms with E-state index in [9.17, 15) is 19.2 Å². The first kappa shape index (κ1) is 27.4. The van der Waals surface area contributed by atoms with Crippen molar-refractivity contribution in [2.24, 2.45) is 11.7 Å². The third-order valence-corrected chi connectivity index (χ3v) is 5.36. The molecule has 4 N–H and O–H groups in total. The first-order valence-electron chi connectivity index (χ1n) is 10.6. The van der Waals surface area contributed by atoms with E-state index >= 15 is 0 Å². The molecule has 0 aliphatic carbocycles. The van der Waals surface area contributed by atoms with Crippen LogP contribution in [0.5, 0.6) is 0 Å². The van der Waals surface area contributed by atoms with Gasteiger partial charge in [0.05, 0.1) is 23.1 Å². The second-order valence-electron chi connectivity index (χ2n) is 7.96. The number of benzene rings is 1. The highest BCUT2D eigenvalue weighted by Gasteiger charge is 2.23. The summed E-state index contributed by atoms with van der Waals surface area (Å²) in [5.74, 6) is 0.259. The molecule has 0 saturated carbocycles. The molecule has 0 spiro atoms. The lowest BCUT2D eigenvalue weighted by Gasteiger charge is -2.19. The molecule has 0 bridgehead atoms. The number of H-pyrrole nitrogens is 1. The van der Waals surface area contributed by atoms with Crippen LogP contribution in [0.3, 0.4) is 0 Å². The zero-order chi connectivity index (χ0) is 24.3. The van der Waals surface area contributed by atoms with Crippen molar-refractivity contribution in [2.75, 3.05) is 13.1 Å². The maximum Gasteiger partial charge on any atom is 0.236 e. The van der Waals surface area contributed by atoms with Crippen LogP contribution in [0.4, 0.5) is 0 Å². The molecule has 32 heavy (non-hydrogen) atoms. The number of hydrogen-bond donors (Lipinski definition) is 4. The molecule has 3 rings (SSSR count). The molecule has 1 aromatic heterocycles. The Kier molecular flexibility index (Phi) is 11.7. The minimum atomic E-state index is -0.322. The first-order valence-corrected chi connectivity index (χ1v) is 11.1. The van der Waals surface area contributed by atoms with Crippen molar-refractivity contribution in [3.63, 3.8) is 0 Å². The van der Waals surface area contributed by atoms with Crippen LogP contribution in [0.1, 0.15) is 40.5 Å². The lowest BCUT2D eigenvalue weighted by atomic mass is 10.0. The zero-order valence-corrected chi connectivity index (χ0v) is 20.0. The quantitative estimate of drug-likeness (QED) is 0.400. The molecule has 2 heterocycles. The predicted molar refractivity (Wildman–Crippen MR) is 130 cm³/mol. The number of Topliss-reactive ketones (excluding diaryl/α,β-unsaturated/α-hetero) is 1. The lowest BCUT2D eigenvalue weighted by molar-refractivity contribution is -0.130. The van der Waals surface area contributed by atoms with E-state index in [1.165, 1.54) is 13.0 Å². The Morgan fingerprint density at radius 3 is 2.47 bits per heavy atom. The molecule has 1 fully saturated rings. The highest BCUT2D eigenvalue weighted by atomic mass is 32.1. The van der Waals surface area contributed by atoms with E-state index in [-0.39, 0.29) is 35.6 Å². The Morgan fingerprint density at radius 1 is 1.34 bits per heavy atom. The van der Waals surface area contributed by atoms with Gasteiger partial charge in [0.2, 0.25) is 12.3 Å². The van der Waals surface area contributed by atoms with Crippen molar-refractivity contribution in [1.82, 2.24) is 15.2 Å². The fourth-order valence-electron chi connectivity index (χ4n) is 3.46. The predicted octanol–water partition coefficient (Wildman–Crippen LogP) is 2.12. The topological polar surface area (TPSA) is 125 Å². The number of para-hydroxylation sites is 1. The molecule has 9 heteroatoms. The standard InChI is InChI=1S/C9H7NOS.C7H14N2O.C7H13NO2/c11-8-5-9(12)10-7-4-2-1-3-6(7)8;1-6-3-2-4-9(6)7(10)5-8;1-5(2)7(6(3)10)8-4-9/h1-5H,(H2,10,11,12);6H,2-5,8H2,1H3;4-5,7H,1-3H3,(H,8,9). The van der Waals surface area contributed by atoms with Crippen LogP contribution in [0.2, 0.25) is 0 Å². The van der Waals surface area contributed by atoms with Gasteiger partial charge in [-0.25, -0.2) is 0 Å². The summed E-state index contributed by atoms with van der Waals surface area (Å²) in [6.45, 7) is 8.38. The number of carbonyl (C=O) groups excluding carboxylic acids is 3. The minimum Gasteiger partial charge on any atom is -0.350 e. The largest absolute Gasteiger partial charge is 0.350 e. The minimum absolute atomic E-state index is 0.00194. The zero-order valence-electron chi connectivity index (χ0n) is 19.1. The first-order chi connectivity index (χ1) is 15.1. The number of aromatic nitrogens is 1. The number of fused-ring (bicyclic) bond motifs is 1. The molecule has 1 aliphatic rings. The van der Waals surface area contributed by atoms with E-state index in [2.05, 4.69) is 29.9 Å². The summed E-state index contributed by atoms with van der Waals surface area (Å²) >= 11 is 4.07. The second kappa shape index (κ2) is 13.7.